The number of pyridine rings is 1. The van der Waals surface area contributed by atoms with Gasteiger partial charge in [-0.2, -0.15) is 0 Å². The van der Waals surface area contributed by atoms with Crippen LogP contribution < -0.4 is 10.6 Å². The Bertz CT molecular complexity index is 411. The molecule has 1 saturated heterocycles. The number of halogens is 2. The Morgan fingerprint density at radius 2 is 2.28 bits per heavy atom. The standard InChI is InChI=1S/C13H19F2N3/c1-2-9-3-4-18(11(5-9)7-16)13-12(15)6-10(14)8-17-13/h6,8-9,11H,2-5,7,16H2,1H3. The third-order valence-electron chi connectivity index (χ3n) is 3.73. The SMILES string of the molecule is CCC1CCN(c2ncc(F)cc2F)C(CN)C1. The average Bonchev–Trinajstić information content (AvgIpc) is 2.38. The molecule has 2 rings (SSSR count). The summed E-state index contributed by atoms with van der Waals surface area (Å²) < 4.78 is 26.6. The fourth-order valence-electron chi connectivity index (χ4n) is 2.63. The van der Waals surface area contributed by atoms with E-state index >= 15 is 0 Å². The number of hydrogen-bond donors (Lipinski definition) is 1. The van der Waals surface area contributed by atoms with Crippen molar-refractivity contribution in [1.82, 2.24) is 4.98 Å². The van der Waals surface area contributed by atoms with E-state index in [9.17, 15) is 8.78 Å². The molecular formula is C13H19F2N3. The fraction of sp³-hybridized carbons (Fsp3) is 0.615. The second kappa shape index (κ2) is 5.61. The molecule has 1 aliphatic rings. The highest BCUT2D eigenvalue weighted by atomic mass is 19.1. The Hall–Kier alpha value is -1.23. The van der Waals surface area contributed by atoms with E-state index in [0.717, 1.165) is 38.1 Å². The van der Waals surface area contributed by atoms with Gasteiger partial charge in [0.2, 0.25) is 0 Å². The lowest BCUT2D eigenvalue weighted by Crippen LogP contribution is -2.47. The zero-order valence-electron chi connectivity index (χ0n) is 10.6. The van der Waals surface area contributed by atoms with Crippen molar-refractivity contribution in [1.29, 1.82) is 0 Å². The maximum atomic E-state index is 13.7. The molecule has 1 aromatic rings. The summed E-state index contributed by atoms with van der Waals surface area (Å²) in [6, 6.07) is 0.970. The lowest BCUT2D eigenvalue weighted by Gasteiger charge is -2.39. The number of nitrogens with two attached hydrogens (primary N) is 1. The Balaban J connectivity index is 2.21. The van der Waals surface area contributed by atoms with E-state index in [1.165, 1.54) is 0 Å². The minimum Gasteiger partial charge on any atom is -0.350 e. The Morgan fingerprint density at radius 3 is 2.89 bits per heavy atom. The molecule has 2 atom stereocenters. The van der Waals surface area contributed by atoms with Gasteiger partial charge in [-0.15, -0.1) is 0 Å². The van der Waals surface area contributed by atoms with Crippen molar-refractivity contribution in [2.24, 2.45) is 11.7 Å². The summed E-state index contributed by atoms with van der Waals surface area (Å²) in [5.74, 6) is -0.396. The fourth-order valence-corrected chi connectivity index (χ4v) is 2.63. The average molecular weight is 255 g/mol. The summed E-state index contributed by atoms with van der Waals surface area (Å²) in [4.78, 5) is 5.75. The van der Waals surface area contributed by atoms with Gasteiger partial charge in [-0.05, 0) is 18.8 Å². The molecule has 100 valence electrons. The van der Waals surface area contributed by atoms with Gasteiger partial charge in [0.1, 0.15) is 5.82 Å². The highest BCUT2D eigenvalue weighted by Crippen LogP contribution is 2.29. The topological polar surface area (TPSA) is 42.2 Å². The molecule has 2 heterocycles. The summed E-state index contributed by atoms with van der Waals surface area (Å²) in [6.07, 6.45) is 4.12. The van der Waals surface area contributed by atoms with Gasteiger partial charge in [-0.25, -0.2) is 13.8 Å². The molecule has 0 bridgehead atoms. The summed E-state index contributed by atoms with van der Waals surface area (Å²) in [5.41, 5.74) is 5.76. The third kappa shape index (κ3) is 2.61. The minimum absolute atomic E-state index is 0.0937. The van der Waals surface area contributed by atoms with Crippen LogP contribution in [-0.4, -0.2) is 24.1 Å². The van der Waals surface area contributed by atoms with Crippen LogP contribution in [0.2, 0.25) is 0 Å². The van der Waals surface area contributed by atoms with Gasteiger partial charge in [0, 0.05) is 25.2 Å². The van der Waals surface area contributed by atoms with Crippen molar-refractivity contribution in [2.45, 2.75) is 32.2 Å². The quantitative estimate of drug-likeness (QED) is 0.901. The van der Waals surface area contributed by atoms with Crippen LogP contribution in [-0.2, 0) is 0 Å². The van der Waals surface area contributed by atoms with E-state index in [0.29, 0.717) is 12.5 Å². The number of anilines is 1. The zero-order valence-corrected chi connectivity index (χ0v) is 10.6. The van der Waals surface area contributed by atoms with Crippen LogP contribution in [0.4, 0.5) is 14.6 Å². The number of nitrogens with zero attached hydrogens (tertiary/aromatic N) is 2. The Labute approximate surface area is 106 Å². The molecule has 3 nitrogen and oxygen atoms in total. The molecule has 1 aliphatic heterocycles. The Morgan fingerprint density at radius 1 is 1.50 bits per heavy atom. The van der Waals surface area contributed by atoms with Crippen LogP contribution in [0.25, 0.3) is 0 Å². The van der Waals surface area contributed by atoms with Gasteiger partial charge in [0.25, 0.3) is 0 Å². The molecule has 0 aromatic carbocycles. The summed E-state index contributed by atoms with van der Waals surface area (Å²) in [7, 11) is 0. The highest BCUT2D eigenvalue weighted by molar-refractivity contribution is 5.42. The summed E-state index contributed by atoms with van der Waals surface area (Å²) in [5, 5.41) is 0. The monoisotopic (exact) mass is 255 g/mol. The van der Waals surface area contributed by atoms with E-state index in [1.807, 2.05) is 4.90 Å². The lowest BCUT2D eigenvalue weighted by molar-refractivity contribution is 0.331. The first kappa shape index (κ1) is 13.2. The van der Waals surface area contributed by atoms with Gasteiger partial charge >= 0.3 is 0 Å². The van der Waals surface area contributed by atoms with Crippen LogP contribution >= 0.6 is 0 Å². The van der Waals surface area contributed by atoms with Crippen molar-refractivity contribution >= 4 is 5.82 Å². The van der Waals surface area contributed by atoms with Crippen LogP contribution in [0.1, 0.15) is 26.2 Å². The molecule has 0 saturated carbocycles. The lowest BCUT2D eigenvalue weighted by atomic mass is 9.89. The molecule has 0 spiro atoms. The van der Waals surface area contributed by atoms with Gasteiger partial charge < -0.3 is 10.6 Å². The largest absolute Gasteiger partial charge is 0.350 e. The number of piperidine rings is 1. The first-order valence-electron chi connectivity index (χ1n) is 6.43. The molecule has 18 heavy (non-hydrogen) atoms. The second-order valence-electron chi connectivity index (χ2n) is 4.84. The van der Waals surface area contributed by atoms with Gasteiger partial charge in [-0.3, -0.25) is 0 Å². The van der Waals surface area contributed by atoms with Crippen LogP contribution in [0.3, 0.4) is 0 Å². The van der Waals surface area contributed by atoms with Crippen molar-refractivity contribution in [3.8, 4) is 0 Å². The van der Waals surface area contributed by atoms with Crippen LogP contribution in [0.5, 0.6) is 0 Å². The van der Waals surface area contributed by atoms with E-state index in [1.54, 1.807) is 0 Å². The predicted octanol–water partition coefficient (Wildman–Crippen LogP) is 2.31. The molecule has 1 aromatic heterocycles. The van der Waals surface area contributed by atoms with Gasteiger partial charge in [0.15, 0.2) is 11.6 Å². The van der Waals surface area contributed by atoms with Gasteiger partial charge in [0.05, 0.1) is 6.20 Å². The number of aromatic nitrogens is 1. The molecule has 0 amide bonds. The smallest absolute Gasteiger partial charge is 0.168 e. The zero-order chi connectivity index (χ0) is 13.1. The minimum atomic E-state index is -0.649. The van der Waals surface area contributed by atoms with E-state index in [2.05, 4.69) is 11.9 Å². The first-order chi connectivity index (χ1) is 8.65. The molecular weight excluding hydrogens is 236 g/mol. The highest BCUT2D eigenvalue weighted by Gasteiger charge is 2.29. The normalized spacial score (nSPS) is 24.3. The summed E-state index contributed by atoms with van der Waals surface area (Å²) in [6.45, 7) is 3.36. The van der Waals surface area contributed by atoms with Crippen molar-refractivity contribution in [3.05, 3.63) is 23.9 Å². The first-order valence-corrected chi connectivity index (χ1v) is 6.43. The third-order valence-corrected chi connectivity index (χ3v) is 3.73. The maximum absolute atomic E-state index is 13.7. The summed E-state index contributed by atoms with van der Waals surface area (Å²) >= 11 is 0. The molecule has 2 N–H and O–H groups in total. The van der Waals surface area contributed by atoms with Gasteiger partial charge in [-0.1, -0.05) is 13.3 Å². The van der Waals surface area contributed by atoms with Crippen molar-refractivity contribution in [3.63, 3.8) is 0 Å². The number of rotatable bonds is 3. The molecule has 5 heteroatoms. The van der Waals surface area contributed by atoms with Crippen LogP contribution in [0, 0.1) is 17.6 Å². The molecule has 2 unspecified atom stereocenters. The van der Waals surface area contributed by atoms with Crippen molar-refractivity contribution in [2.75, 3.05) is 18.0 Å². The van der Waals surface area contributed by atoms with Crippen molar-refractivity contribution < 1.29 is 8.78 Å². The van der Waals surface area contributed by atoms with Crippen LogP contribution in [0.15, 0.2) is 12.3 Å². The predicted molar refractivity (Wildman–Crippen MR) is 67.4 cm³/mol. The van der Waals surface area contributed by atoms with E-state index in [-0.39, 0.29) is 11.9 Å². The molecule has 0 aliphatic carbocycles. The maximum Gasteiger partial charge on any atom is 0.168 e. The van der Waals surface area contributed by atoms with E-state index < -0.39 is 11.6 Å². The van der Waals surface area contributed by atoms with E-state index in [4.69, 9.17) is 5.73 Å². The second-order valence-corrected chi connectivity index (χ2v) is 4.84. The number of hydrogen-bond acceptors (Lipinski definition) is 3. The molecule has 1 fully saturated rings. The Kier molecular flexibility index (Phi) is 4.11. The molecule has 0 radical (unpaired) electrons.